The van der Waals surface area contributed by atoms with Crippen LogP contribution in [0.4, 0.5) is 0 Å². The molecule has 6 rings (SSSR count). The van der Waals surface area contributed by atoms with Gasteiger partial charge in [-0.2, -0.15) is 0 Å². The fourth-order valence-electron chi connectivity index (χ4n) is 3.69. The lowest BCUT2D eigenvalue weighted by molar-refractivity contribution is 0.668. The quantitative estimate of drug-likeness (QED) is 0.356. The van der Waals surface area contributed by atoms with Crippen LogP contribution in [0.3, 0.4) is 0 Å². The minimum Gasteiger partial charge on any atom is -0.454 e. The molecule has 0 fully saturated rings. The Labute approximate surface area is 154 Å². The van der Waals surface area contributed by atoms with Gasteiger partial charge < -0.3 is 4.42 Å². The molecule has 0 radical (unpaired) electrons. The second-order valence-electron chi connectivity index (χ2n) is 6.54. The molecule has 0 aliphatic carbocycles. The molecule has 3 heterocycles. The summed E-state index contributed by atoms with van der Waals surface area (Å²) in [6.07, 6.45) is 3.57. The first-order valence-corrected chi connectivity index (χ1v) is 8.80. The predicted molar refractivity (Wildman–Crippen MR) is 108 cm³/mol. The highest BCUT2D eigenvalue weighted by Gasteiger charge is 2.15. The Morgan fingerprint density at radius 1 is 0.704 bits per heavy atom. The van der Waals surface area contributed by atoms with E-state index in [0.717, 1.165) is 43.7 Å². The smallest absolute Gasteiger partial charge is 0.163 e. The molecule has 0 N–H and O–H groups in total. The molecule has 4 nitrogen and oxygen atoms in total. The summed E-state index contributed by atoms with van der Waals surface area (Å²) >= 11 is 0. The van der Waals surface area contributed by atoms with E-state index in [1.54, 1.807) is 12.4 Å². The van der Waals surface area contributed by atoms with Gasteiger partial charge in [-0.05, 0) is 23.6 Å². The number of para-hydroxylation sites is 1. The lowest BCUT2D eigenvalue weighted by atomic mass is 10.1. The summed E-state index contributed by atoms with van der Waals surface area (Å²) in [5.74, 6) is 0. The van der Waals surface area contributed by atoms with E-state index in [1.807, 2.05) is 42.5 Å². The van der Waals surface area contributed by atoms with Gasteiger partial charge >= 0.3 is 0 Å². The Kier molecular flexibility index (Phi) is 2.85. The molecule has 0 amide bonds. The SMILES string of the molecule is c1ccc2c(c1)ccc1ncc(-c3nccc4c3oc3ccccc34)nc12. The van der Waals surface area contributed by atoms with Crippen molar-refractivity contribution < 1.29 is 4.42 Å². The van der Waals surface area contributed by atoms with Crippen molar-refractivity contribution in [2.24, 2.45) is 0 Å². The van der Waals surface area contributed by atoms with Crippen molar-refractivity contribution in [3.05, 3.63) is 79.1 Å². The zero-order valence-corrected chi connectivity index (χ0v) is 14.3. The molecule has 4 heteroatoms. The molecule has 27 heavy (non-hydrogen) atoms. The monoisotopic (exact) mass is 347 g/mol. The van der Waals surface area contributed by atoms with Gasteiger partial charge in [-0.15, -0.1) is 0 Å². The molecule has 0 spiro atoms. The van der Waals surface area contributed by atoms with Gasteiger partial charge in [-0.1, -0.05) is 48.5 Å². The van der Waals surface area contributed by atoms with E-state index in [0.29, 0.717) is 11.4 Å². The highest BCUT2D eigenvalue weighted by molar-refractivity contribution is 6.09. The zero-order valence-electron chi connectivity index (χ0n) is 14.3. The van der Waals surface area contributed by atoms with Gasteiger partial charge in [0.1, 0.15) is 17.0 Å². The minimum atomic E-state index is 0.712. The number of pyridine rings is 1. The second-order valence-corrected chi connectivity index (χ2v) is 6.54. The third-order valence-corrected chi connectivity index (χ3v) is 4.97. The highest BCUT2D eigenvalue weighted by Crippen LogP contribution is 2.34. The van der Waals surface area contributed by atoms with E-state index in [4.69, 9.17) is 9.40 Å². The first-order valence-electron chi connectivity index (χ1n) is 8.80. The van der Waals surface area contributed by atoms with Crippen LogP contribution in [-0.2, 0) is 0 Å². The summed E-state index contributed by atoms with van der Waals surface area (Å²) in [6, 6.07) is 22.3. The molecule has 0 saturated carbocycles. The molecular formula is C23H13N3O. The Hall–Kier alpha value is -3.79. The molecule has 126 valence electrons. The summed E-state index contributed by atoms with van der Waals surface area (Å²) < 4.78 is 6.11. The Morgan fingerprint density at radius 3 is 2.52 bits per heavy atom. The van der Waals surface area contributed by atoms with Crippen LogP contribution in [-0.4, -0.2) is 15.0 Å². The summed E-state index contributed by atoms with van der Waals surface area (Å²) in [7, 11) is 0. The summed E-state index contributed by atoms with van der Waals surface area (Å²) in [5, 5.41) is 4.35. The number of fused-ring (bicyclic) bond motifs is 6. The Bertz CT molecular complexity index is 1480. The van der Waals surface area contributed by atoms with Gasteiger partial charge in [-0.3, -0.25) is 9.97 Å². The Balaban J connectivity index is 1.69. The summed E-state index contributed by atoms with van der Waals surface area (Å²) in [6.45, 7) is 0. The van der Waals surface area contributed by atoms with Crippen molar-refractivity contribution in [3.63, 3.8) is 0 Å². The van der Waals surface area contributed by atoms with E-state index in [9.17, 15) is 0 Å². The molecule has 0 bridgehead atoms. The van der Waals surface area contributed by atoms with Gasteiger partial charge in [0.05, 0.1) is 17.2 Å². The molecular weight excluding hydrogens is 334 g/mol. The van der Waals surface area contributed by atoms with Gasteiger partial charge in [0, 0.05) is 22.4 Å². The van der Waals surface area contributed by atoms with Gasteiger partial charge in [-0.25, -0.2) is 4.98 Å². The fraction of sp³-hybridized carbons (Fsp3) is 0. The van der Waals surface area contributed by atoms with E-state index in [-0.39, 0.29) is 0 Å². The lowest BCUT2D eigenvalue weighted by Gasteiger charge is -2.05. The third kappa shape index (κ3) is 2.07. The van der Waals surface area contributed by atoms with Gasteiger partial charge in [0.25, 0.3) is 0 Å². The Morgan fingerprint density at radius 2 is 1.56 bits per heavy atom. The summed E-state index contributed by atoms with van der Waals surface area (Å²) in [5.41, 5.74) is 4.76. The molecule has 0 unspecified atom stereocenters. The van der Waals surface area contributed by atoms with E-state index in [2.05, 4.69) is 34.2 Å². The van der Waals surface area contributed by atoms with Crippen LogP contribution < -0.4 is 0 Å². The average Bonchev–Trinajstić information content (AvgIpc) is 3.12. The average molecular weight is 347 g/mol. The number of nitrogens with zero attached hydrogens (tertiary/aromatic N) is 3. The van der Waals surface area contributed by atoms with Crippen LogP contribution in [0.15, 0.2) is 83.5 Å². The fourth-order valence-corrected chi connectivity index (χ4v) is 3.69. The van der Waals surface area contributed by atoms with Crippen molar-refractivity contribution in [2.45, 2.75) is 0 Å². The van der Waals surface area contributed by atoms with Crippen molar-refractivity contribution in [2.75, 3.05) is 0 Å². The van der Waals surface area contributed by atoms with Crippen LogP contribution in [0, 0.1) is 0 Å². The van der Waals surface area contributed by atoms with E-state index >= 15 is 0 Å². The van der Waals surface area contributed by atoms with Gasteiger partial charge in [0.2, 0.25) is 0 Å². The van der Waals surface area contributed by atoms with Crippen molar-refractivity contribution >= 4 is 43.7 Å². The van der Waals surface area contributed by atoms with Gasteiger partial charge in [0.15, 0.2) is 5.58 Å². The molecule has 0 aliphatic heterocycles. The molecule has 0 aliphatic rings. The predicted octanol–water partition coefficient (Wildman–Crippen LogP) is 5.74. The largest absolute Gasteiger partial charge is 0.454 e. The number of furan rings is 1. The number of hydrogen-bond acceptors (Lipinski definition) is 4. The van der Waals surface area contributed by atoms with Crippen molar-refractivity contribution in [1.82, 2.24) is 15.0 Å². The van der Waals surface area contributed by atoms with Crippen LogP contribution in [0.1, 0.15) is 0 Å². The van der Waals surface area contributed by atoms with Crippen LogP contribution in [0.25, 0.3) is 55.1 Å². The maximum Gasteiger partial charge on any atom is 0.163 e. The van der Waals surface area contributed by atoms with Crippen molar-refractivity contribution in [1.29, 1.82) is 0 Å². The van der Waals surface area contributed by atoms with Crippen LogP contribution >= 0.6 is 0 Å². The maximum absolute atomic E-state index is 6.11. The molecule has 3 aromatic heterocycles. The number of hydrogen-bond donors (Lipinski definition) is 0. The normalized spacial score (nSPS) is 11.7. The first kappa shape index (κ1) is 14.4. The highest BCUT2D eigenvalue weighted by atomic mass is 16.3. The molecule has 3 aromatic carbocycles. The van der Waals surface area contributed by atoms with Crippen LogP contribution in [0.2, 0.25) is 0 Å². The summed E-state index contributed by atoms with van der Waals surface area (Å²) in [4.78, 5) is 14.1. The molecule has 6 aromatic rings. The maximum atomic E-state index is 6.11. The molecule has 0 saturated heterocycles. The number of rotatable bonds is 1. The van der Waals surface area contributed by atoms with E-state index < -0.39 is 0 Å². The number of aromatic nitrogens is 3. The second kappa shape index (κ2) is 5.35. The van der Waals surface area contributed by atoms with Crippen LogP contribution in [0.5, 0.6) is 0 Å². The number of benzene rings is 3. The van der Waals surface area contributed by atoms with E-state index in [1.165, 1.54) is 0 Å². The molecule has 0 atom stereocenters. The first-order chi connectivity index (χ1) is 13.4. The minimum absolute atomic E-state index is 0.712. The lowest BCUT2D eigenvalue weighted by Crippen LogP contribution is -1.92. The topological polar surface area (TPSA) is 51.8 Å². The standard InChI is InChI=1S/C23H13N3O/c1-2-6-15-14(5-1)9-10-18-21(15)26-19(13-25-18)22-23-17(11-12-24-22)16-7-3-4-8-20(16)27-23/h1-13H. The zero-order chi connectivity index (χ0) is 17.8. The third-order valence-electron chi connectivity index (χ3n) is 4.97. The van der Waals surface area contributed by atoms with Crippen molar-refractivity contribution in [3.8, 4) is 11.4 Å².